The maximum atomic E-state index is 12.3. The fourth-order valence-electron chi connectivity index (χ4n) is 2.21. The highest BCUT2D eigenvalue weighted by Gasteiger charge is 2.19. The molecule has 0 aliphatic carbocycles. The number of hydrogen-bond donors (Lipinski definition) is 1. The van der Waals surface area contributed by atoms with Crippen LogP contribution in [0, 0.1) is 11.3 Å². The van der Waals surface area contributed by atoms with Crippen LogP contribution in [-0.4, -0.2) is 44.3 Å². The lowest BCUT2D eigenvalue weighted by atomic mass is 10.2. The monoisotopic (exact) mass is 417 g/mol. The smallest absolute Gasteiger partial charge is 0.286 e. The zero-order chi connectivity index (χ0) is 20.7. The molecule has 0 aliphatic rings. The Morgan fingerprint density at radius 2 is 1.75 bits per heavy atom. The molecule has 7 nitrogen and oxygen atoms in total. The van der Waals surface area contributed by atoms with E-state index in [1.54, 1.807) is 50.5 Å². The van der Waals surface area contributed by atoms with Crippen molar-refractivity contribution in [2.75, 3.05) is 25.2 Å². The van der Waals surface area contributed by atoms with E-state index in [1.807, 2.05) is 6.07 Å². The molecule has 0 heterocycles. The van der Waals surface area contributed by atoms with Crippen LogP contribution in [0.1, 0.15) is 11.1 Å². The molecule has 0 atom stereocenters. The lowest BCUT2D eigenvalue weighted by molar-refractivity contribution is -0.113. The van der Waals surface area contributed by atoms with Crippen molar-refractivity contribution in [1.29, 1.82) is 5.26 Å². The van der Waals surface area contributed by atoms with Gasteiger partial charge in [0, 0.05) is 19.0 Å². The molecule has 2 amide bonds. The van der Waals surface area contributed by atoms with Gasteiger partial charge in [0.25, 0.3) is 5.24 Å². The Labute approximate surface area is 168 Å². The molecule has 0 aliphatic heterocycles. The van der Waals surface area contributed by atoms with Gasteiger partial charge in [-0.05, 0) is 41.6 Å². The number of rotatable bonds is 6. The summed E-state index contributed by atoms with van der Waals surface area (Å²) in [5.74, 6) is -1.67. The summed E-state index contributed by atoms with van der Waals surface area (Å²) < 4.78 is 24.6. The SMILES string of the molecule is CN(C)C(=O)Sc1ccccc1NC(=O)CS(=O)(=O)Cc1ccc(C#N)cc1. The summed E-state index contributed by atoms with van der Waals surface area (Å²) in [6, 6.07) is 14.8. The summed E-state index contributed by atoms with van der Waals surface area (Å²) in [5, 5.41) is 11.1. The number of thioether (sulfide) groups is 1. The Morgan fingerprint density at radius 1 is 1.11 bits per heavy atom. The number of anilines is 1. The van der Waals surface area contributed by atoms with E-state index in [2.05, 4.69) is 5.32 Å². The second kappa shape index (κ2) is 9.39. The summed E-state index contributed by atoms with van der Waals surface area (Å²) in [6.45, 7) is 0. The van der Waals surface area contributed by atoms with Crippen LogP contribution in [-0.2, 0) is 20.4 Å². The minimum Gasteiger partial charge on any atom is -0.339 e. The molecule has 0 fully saturated rings. The standard InChI is InChI=1S/C19H19N3O4S2/c1-22(2)19(24)27-17-6-4-3-5-16(17)21-18(23)13-28(25,26)12-15-9-7-14(11-20)8-10-15/h3-10H,12-13H2,1-2H3,(H,21,23). The van der Waals surface area contributed by atoms with Gasteiger partial charge in [0.2, 0.25) is 5.91 Å². The highest BCUT2D eigenvalue weighted by molar-refractivity contribution is 8.13. The van der Waals surface area contributed by atoms with E-state index in [0.717, 1.165) is 11.8 Å². The summed E-state index contributed by atoms with van der Waals surface area (Å²) in [6.07, 6.45) is 0. The Balaban J connectivity index is 2.05. The maximum Gasteiger partial charge on any atom is 0.286 e. The second-order valence-electron chi connectivity index (χ2n) is 6.15. The lowest BCUT2D eigenvalue weighted by Gasteiger charge is -2.13. The number of nitriles is 1. The Kier molecular flexibility index (Phi) is 7.20. The lowest BCUT2D eigenvalue weighted by Crippen LogP contribution is -2.24. The first-order valence-corrected chi connectivity index (χ1v) is 10.8. The number of nitrogens with one attached hydrogen (secondary N) is 1. The van der Waals surface area contributed by atoms with E-state index in [4.69, 9.17) is 5.26 Å². The van der Waals surface area contributed by atoms with Gasteiger partial charge in [0.1, 0.15) is 5.75 Å². The van der Waals surface area contributed by atoms with Crippen molar-refractivity contribution in [1.82, 2.24) is 4.90 Å². The highest BCUT2D eigenvalue weighted by atomic mass is 32.2. The average molecular weight is 418 g/mol. The molecule has 0 saturated heterocycles. The minimum absolute atomic E-state index is 0.213. The van der Waals surface area contributed by atoms with E-state index in [0.29, 0.717) is 21.7 Å². The Bertz CT molecular complexity index is 1010. The molecule has 2 aromatic rings. The largest absolute Gasteiger partial charge is 0.339 e. The van der Waals surface area contributed by atoms with Gasteiger partial charge in [-0.15, -0.1) is 0 Å². The molecule has 0 unspecified atom stereocenters. The average Bonchev–Trinajstić information content (AvgIpc) is 2.63. The van der Waals surface area contributed by atoms with Crippen LogP contribution >= 0.6 is 11.8 Å². The topological polar surface area (TPSA) is 107 Å². The number of amides is 2. The minimum atomic E-state index is -3.70. The maximum absolute atomic E-state index is 12.3. The van der Waals surface area contributed by atoms with Crippen LogP contribution in [0.25, 0.3) is 0 Å². The molecule has 1 N–H and O–H groups in total. The first kappa shape index (κ1) is 21.5. The molecule has 0 radical (unpaired) electrons. The fourth-order valence-corrected chi connectivity index (χ4v) is 4.23. The molecule has 9 heteroatoms. The summed E-state index contributed by atoms with van der Waals surface area (Å²) in [4.78, 5) is 26.1. The molecule has 0 bridgehead atoms. The highest BCUT2D eigenvalue weighted by Crippen LogP contribution is 2.28. The number of para-hydroxylation sites is 1. The van der Waals surface area contributed by atoms with Crippen molar-refractivity contribution >= 4 is 38.4 Å². The van der Waals surface area contributed by atoms with Gasteiger partial charge in [-0.1, -0.05) is 24.3 Å². The van der Waals surface area contributed by atoms with Gasteiger partial charge in [0.05, 0.1) is 23.1 Å². The van der Waals surface area contributed by atoms with Crippen LogP contribution in [0.4, 0.5) is 10.5 Å². The molecular formula is C19H19N3O4S2. The van der Waals surface area contributed by atoms with Crippen molar-refractivity contribution in [2.24, 2.45) is 0 Å². The van der Waals surface area contributed by atoms with Crippen molar-refractivity contribution in [3.8, 4) is 6.07 Å². The Morgan fingerprint density at radius 3 is 2.36 bits per heavy atom. The van der Waals surface area contributed by atoms with Crippen LogP contribution in [0.2, 0.25) is 0 Å². The van der Waals surface area contributed by atoms with Crippen LogP contribution in [0.3, 0.4) is 0 Å². The Hall–Kier alpha value is -2.83. The number of benzene rings is 2. The molecule has 0 aromatic heterocycles. The van der Waals surface area contributed by atoms with E-state index in [9.17, 15) is 18.0 Å². The molecular weight excluding hydrogens is 398 g/mol. The van der Waals surface area contributed by atoms with Gasteiger partial charge in [-0.25, -0.2) is 8.42 Å². The molecule has 2 rings (SSSR count). The van der Waals surface area contributed by atoms with Crippen molar-refractivity contribution in [3.05, 3.63) is 59.7 Å². The zero-order valence-electron chi connectivity index (χ0n) is 15.4. The first-order chi connectivity index (χ1) is 13.2. The van der Waals surface area contributed by atoms with Gasteiger partial charge >= 0.3 is 0 Å². The predicted molar refractivity (Wildman–Crippen MR) is 109 cm³/mol. The first-order valence-electron chi connectivity index (χ1n) is 8.17. The molecule has 28 heavy (non-hydrogen) atoms. The van der Waals surface area contributed by atoms with Crippen LogP contribution in [0.15, 0.2) is 53.4 Å². The summed E-state index contributed by atoms with van der Waals surface area (Å²) in [7, 11) is -0.465. The van der Waals surface area contributed by atoms with Gasteiger partial charge in [0.15, 0.2) is 9.84 Å². The van der Waals surface area contributed by atoms with Crippen molar-refractivity contribution in [2.45, 2.75) is 10.6 Å². The van der Waals surface area contributed by atoms with Gasteiger partial charge in [-0.3, -0.25) is 9.59 Å². The van der Waals surface area contributed by atoms with Crippen molar-refractivity contribution in [3.63, 3.8) is 0 Å². The number of hydrogen-bond acceptors (Lipinski definition) is 6. The molecule has 146 valence electrons. The van der Waals surface area contributed by atoms with Gasteiger partial charge in [-0.2, -0.15) is 5.26 Å². The molecule has 0 saturated carbocycles. The quantitative estimate of drug-likeness (QED) is 0.724. The predicted octanol–water partition coefficient (Wildman–Crippen LogP) is 2.89. The normalized spacial score (nSPS) is 10.8. The number of nitrogens with zero attached hydrogens (tertiary/aromatic N) is 2. The number of carbonyl (C=O) groups excluding carboxylic acids is 2. The third-order valence-electron chi connectivity index (χ3n) is 3.54. The third kappa shape index (κ3) is 6.40. The second-order valence-corrected chi connectivity index (χ2v) is 9.21. The van der Waals surface area contributed by atoms with E-state index in [-0.39, 0.29) is 11.0 Å². The zero-order valence-corrected chi connectivity index (χ0v) is 17.0. The third-order valence-corrected chi connectivity index (χ3v) is 6.14. The summed E-state index contributed by atoms with van der Waals surface area (Å²) in [5.41, 5.74) is 1.31. The number of carbonyl (C=O) groups is 2. The number of sulfone groups is 1. The van der Waals surface area contributed by atoms with Crippen LogP contribution in [0.5, 0.6) is 0 Å². The summed E-state index contributed by atoms with van der Waals surface area (Å²) >= 11 is 0.941. The fraction of sp³-hybridized carbons (Fsp3) is 0.211. The van der Waals surface area contributed by atoms with Crippen molar-refractivity contribution < 1.29 is 18.0 Å². The van der Waals surface area contributed by atoms with E-state index < -0.39 is 21.5 Å². The molecule has 2 aromatic carbocycles. The molecule has 0 spiro atoms. The van der Waals surface area contributed by atoms with Crippen LogP contribution < -0.4 is 5.32 Å². The van der Waals surface area contributed by atoms with E-state index in [1.165, 1.54) is 17.0 Å². The van der Waals surface area contributed by atoms with E-state index >= 15 is 0 Å². The van der Waals surface area contributed by atoms with Gasteiger partial charge < -0.3 is 10.2 Å².